The van der Waals surface area contributed by atoms with Gasteiger partial charge in [-0.2, -0.15) is 0 Å². The summed E-state index contributed by atoms with van der Waals surface area (Å²) < 4.78 is 85.7. The van der Waals surface area contributed by atoms with Crippen LogP contribution < -0.4 is 0 Å². The van der Waals surface area contributed by atoms with Gasteiger partial charge in [-0.25, -0.2) is 0 Å². The van der Waals surface area contributed by atoms with Crippen LogP contribution in [0.5, 0.6) is 0 Å². The molecule has 6 saturated carbocycles. The van der Waals surface area contributed by atoms with Crippen molar-refractivity contribution in [3.63, 3.8) is 0 Å². The topological polar surface area (TPSA) is 120 Å². The van der Waals surface area contributed by atoms with Crippen molar-refractivity contribution in [3.05, 3.63) is 0 Å². The van der Waals surface area contributed by atoms with Gasteiger partial charge in [-0.1, -0.05) is 0 Å². The summed E-state index contributed by atoms with van der Waals surface area (Å²) in [6, 6.07) is 0. The predicted molar refractivity (Wildman–Crippen MR) is 255 cm³/mol. The number of methoxy groups -OCH3 is 1. The van der Waals surface area contributed by atoms with E-state index in [1.54, 1.807) is 14.2 Å². The average molecular weight is 1050 g/mol. The van der Waals surface area contributed by atoms with Crippen molar-refractivity contribution < 1.29 is 59.9 Å². The number of ether oxygens (including phenoxy) is 5. The second-order valence-corrected chi connectivity index (χ2v) is 39.0. The summed E-state index contributed by atoms with van der Waals surface area (Å²) in [5.41, 5.74) is -3.03. The Morgan fingerprint density at radius 3 is 1.33 bits per heavy atom. The number of fused-ring (bicyclic) bond motifs is 8. The van der Waals surface area contributed by atoms with E-state index in [0.717, 1.165) is 64.2 Å². The van der Waals surface area contributed by atoms with Gasteiger partial charge in [0.1, 0.15) is 0 Å². The van der Waals surface area contributed by atoms with Gasteiger partial charge in [-0.05, 0) is 0 Å². The van der Waals surface area contributed by atoms with Gasteiger partial charge < -0.3 is 0 Å². The minimum absolute atomic E-state index is 0.0449. The second kappa shape index (κ2) is 16.4. The van der Waals surface area contributed by atoms with E-state index in [0.29, 0.717) is 32.0 Å². The van der Waals surface area contributed by atoms with Crippen molar-refractivity contribution in [2.45, 2.75) is 187 Å². The fraction of sp³-hybridized carbons (Fsp3) is 1.00. The number of hydrogen-bond acceptors (Lipinski definition) is 13. The molecule has 63 heavy (non-hydrogen) atoms. The summed E-state index contributed by atoms with van der Waals surface area (Å²) in [7, 11) is -9.10. The first-order chi connectivity index (χ1) is 29.3. The number of rotatable bonds is 16. The van der Waals surface area contributed by atoms with E-state index < -0.39 is 56.3 Å². The molecule has 0 spiro atoms. The molecule has 18 atom stereocenters. The quantitative estimate of drug-likeness (QED) is 0.137. The number of halogens is 4. The first kappa shape index (κ1) is 49.0. The van der Waals surface area contributed by atoms with Crippen LogP contribution in [0.1, 0.15) is 105 Å². The Hall–Kier alpha value is 2.36. The third-order valence-electron chi connectivity index (χ3n) is 16.5. The molecular weight excluding hydrogens is 978 g/mol. The Balaban J connectivity index is 0.774. The van der Waals surface area contributed by atoms with Crippen LogP contribution in [0.25, 0.3) is 0 Å². The van der Waals surface area contributed by atoms with E-state index in [9.17, 15) is 0 Å². The molecule has 6 unspecified atom stereocenters. The van der Waals surface area contributed by atoms with Gasteiger partial charge in [-0.15, -0.1) is 0 Å². The van der Waals surface area contributed by atoms with Crippen LogP contribution in [-0.2, 0) is 59.9 Å². The Morgan fingerprint density at radius 2 is 0.857 bits per heavy atom. The molecule has 0 aromatic heterocycles. The first-order valence-corrected chi connectivity index (χ1v) is 36.9. The van der Waals surface area contributed by atoms with E-state index in [2.05, 4.69) is 27.7 Å². The zero-order valence-electron chi connectivity index (χ0n) is 38.6. The molecule has 0 radical (unpaired) electrons. The van der Waals surface area contributed by atoms with Gasteiger partial charge in [0.25, 0.3) is 0 Å². The molecule has 0 amide bonds. The molecule has 4 saturated heterocycles. The van der Waals surface area contributed by atoms with Crippen LogP contribution in [0.15, 0.2) is 0 Å². The van der Waals surface area contributed by atoms with E-state index in [1.165, 1.54) is 0 Å². The monoisotopic (exact) mass is 1050 g/mol. The van der Waals surface area contributed by atoms with Gasteiger partial charge in [0, 0.05) is 0 Å². The SMILES string of the molecule is CO[C@@]12CC(C)OC1[C@@]1(O[PH](C)(Cl)O[C@@H]3CC(C)OC[C@@]4(O[PH](C)(Cl)O[C@@]56CC(C)OC5[C@@]5(O[PH](C)(Cl)O[C@@H]7CC(C)OC[C@@]8(O[PH](C)(Cl)OC)C[C@H]8C7)C[C@H]5C6)C[C@H]4C3)C[C@H]1C2. The fourth-order valence-corrected chi connectivity index (χ4v) is 23.7. The molecule has 10 aliphatic rings. The Morgan fingerprint density at radius 1 is 0.444 bits per heavy atom. The van der Waals surface area contributed by atoms with E-state index in [-0.39, 0.29) is 72.2 Å². The van der Waals surface area contributed by atoms with Gasteiger partial charge in [0.15, 0.2) is 0 Å². The molecule has 0 aromatic carbocycles. The van der Waals surface area contributed by atoms with Crippen LogP contribution in [0.3, 0.4) is 0 Å². The summed E-state index contributed by atoms with van der Waals surface area (Å²) in [5.74, 6) is 1.00. The average Bonchev–Trinajstić information content (AvgIpc) is 4.10. The standard InChI is InChI=1S/C42H74Cl4O13P4/c1-25-11-33(13-29-17-39(29,23-49-25)56-60(7,43)48-6)54-62(9,45)59-42-22-32(42)20-38(16-28(4)52-36(38)42)55-63(10,46)57-40-18-30(40)14-34(12-26(2)50-24-40)53-61(8,44)58-41-21-31(41)19-37(47-5)15-27(3)51-35(37)41/h25-36,60-63H,11-24H2,1-10H3/t25?,26?,27?,28?,29-,30-,31-,32-,33-,34-,35?,36?,37-,38-,39+,40+,41-,42-/m1/s1. The van der Waals surface area contributed by atoms with Crippen molar-refractivity contribution in [1.29, 1.82) is 0 Å². The summed E-state index contributed by atoms with van der Waals surface area (Å²) in [4.78, 5) is 0. The zero-order valence-corrected chi connectivity index (χ0v) is 45.7. The van der Waals surface area contributed by atoms with Crippen molar-refractivity contribution >= 4 is 73.2 Å². The fourth-order valence-electron chi connectivity index (χ4n) is 13.8. The molecule has 4 aliphatic heterocycles. The van der Waals surface area contributed by atoms with Gasteiger partial charge in [-0.3, -0.25) is 0 Å². The third-order valence-corrected chi connectivity index (χ3v) is 24.7. The molecule has 0 bridgehead atoms. The Bertz CT molecular complexity index is 1780. The maximum absolute atomic E-state index is 7.51. The molecular formula is C42H74Cl4O13P4. The molecule has 6 aliphatic carbocycles. The van der Waals surface area contributed by atoms with Crippen LogP contribution in [0.2, 0.25) is 0 Å². The molecule has 0 N–H and O–H groups in total. The van der Waals surface area contributed by atoms with Crippen molar-refractivity contribution in [1.82, 2.24) is 0 Å². The normalized spacial score (nSPS) is 52.2. The predicted octanol–water partition coefficient (Wildman–Crippen LogP) is 10.7. The Kier molecular flexibility index (Phi) is 12.8. The van der Waals surface area contributed by atoms with E-state index in [4.69, 9.17) is 105 Å². The molecule has 0 aromatic rings. The second-order valence-electron chi connectivity index (χ2n) is 22.2. The molecule has 10 rings (SSSR count). The molecule has 13 nitrogen and oxygen atoms in total. The van der Waals surface area contributed by atoms with Crippen molar-refractivity contribution in [3.8, 4) is 0 Å². The van der Waals surface area contributed by atoms with Crippen molar-refractivity contribution in [2.75, 3.05) is 54.1 Å². The molecule has 10 fully saturated rings. The summed E-state index contributed by atoms with van der Waals surface area (Å²) >= 11 is 28.8. The van der Waals surface area contributed by atoms with E-state index >= 15 is 0 Å². The third kappa shape index (κ3) is 9.26. The maximum atomic E-state index is 7.51. The summed E-state index contributed by atoms with van der Waals surface area (Å²) in [6.07, 6.45) is 8.85. The summed E-state index contributed by atoms with van der Waals surface area (Å²) in [5, 5.41) is 0. The van der Waals surface area contributed by atoms with Crippen LogP contribution in [0.4, 0.5) is 0 Å². The molecule has 368 valence electrons. The Labute approximate surface area is 396 Å². The van der Waals surface area contributed by atoms with E-state index in [1.807, 2.05) is 26.7 Å². The zero-order chi connectivity index (χ0) is 45.0. The molecule has 4 heterocycles. The van der Waals surface area contributed by atoms with Gasteiger partial charge in [0.05, 0.1) is 0 Å². The minimum atomic E-state index is -3.33. The van der Waals surface area contributed by atoms with Crippen LogP contribution >= 0.6 is 73.2 Å². The van der Waals surface area contributed by atoms with Gasteiger partial charge in [0.2, 0.25) is 0 Å². The van der Waals surface area contributed by atoms with Crippen LogP contribution in [-0.4, -0.2) is 137 Å². The summed E-state index contributed by atoms with van der Waals surface area (Å²) in [6.45, 7) is 17.0. The van der Waals surface area contributed by atoms with Crippen molar-refractivity contribution in [2.24, 2.45) is 23.7 Å². The van der Waals surface area contributed by atoms with Gasteiger partial charge >= 0.3 is 398 Å². The molecule has 21 heteroatoms. The first-order valence-electron chi connectivity index (χ1n) is 23.6. The van der Waals surface area contributed by atoms with Crippen LogP contribution in [0, 0.1) is 23.7 Å². The number of hydrogen-bond donors (Lipinski definition) is 0.